The third kappa shape index (κ3) is 10.5. The number of benzene rings is 1. The zero-order valence-corrected chi connectivity index (χ0v) is 20.4. The van der Waals surface area contributed by atoms with Gasteiger partial charge in [0, 0.05) is 32.9 Å². The van der Waals surface area contributed by atoms with Gasteiger partial charge in [-0.2, -0.15) is 0 Å². The highest BCUT2D eigenvalue weighted by atomic mass is 32.2. The first-order valence-electron chi connectivity index (χ1n) is 11.4. The lowest BCUT2D eigenvalue weighted by Crippen LogP contribution is -2.32. The van der Waals surface area contributed by atoms with E-state index in [-0.39, 0.29) is 18.4 Å². The van der Waals surface area contributed by atoms with Crippen LogP contribution in [0.2, 0.25) is 0 Å². The molecule has 0 saturated carbocycles. The second kappa shape index (κ2) is 13.5. The molecule has 1 aliphatic heterocycles. The molecule has 1 aromatic rings. The van der Waals surface area contributed by atoms with Crippen LogP contribution in [0.25, 0.3) is 0 Å². The first-order valence-corrected chi connectivity index (χ1v) is 13.3. The number of unbranched alkanes of at least 4 members (excludes halogenated alkanes) is 3. The monoisotopic (exact) mass is 480 g/mol. The van der Waals surface area contributed by atoms with E-state index in [9.17, 15) is 23.1 Å². The van der Waals surface area contributed by atoms with Gasteiger partial charge in [0.2, 0.25) is 21.8 Å². The minimum atomic E-state index is -3.50. The molecule has 2 N–H and O–H groups in total. The van der Waals surface area contributed by atoms with Crippen molar-refractivity contribution in [3.05, 3.63) is 47.5 Å². The number of carbonyl (C=O) groups excluding carboxylic acids is 2. The summed E-state index contributed by atoms with van der Waals surface area (Å²) in [7, 11) is -1.85. The number of hydrogen-bond acceptors (Lipinski definition) is 6. The van der Waals surface area contributed by atoms with E-state index >= 15 is 0 Å². The van der Waals surface area contributed by atoms with Crippen molar-refractivity contribution >= 4 is 21.8 Å². The number of hydrogen-bond donors (Lipinski definition) is 2. The molecule has 2 amide bonds. The van der Waals surface area contributed by atoms with Gasteiger partial charge in [-0.25, -0.2) is 8.42 Å². The predicted octanol–water partition coefficient (Wildman–Crippen LogP) is 2.31. The summed E-state index contributed by atoms with van der Waals surface area (Å²) < 4.78 is 29.1. The van der Waals surface area contributed by atoms with E-state index < -0.39 is 22.0 Å². The number of carbonyl (C=O) groups is 2. The number of aliphatic hydroxyl groups is 1. The van der Waals surface area contributed by atoms with Crippen LogP contribution in [0, 0.1) is 0 Å². The van der Waals surface area contributed by atoms with Crippen molar-refractivity contribution in [1.29, 1.82) is 0 Å². The number of likely N-dealkylation sites (tertiary alicyclic amines) is 1. The van der Waals surface area contributed by atoms with Crippen LogP contribution in [0.4, 0.5) is 0 Å². The molecule has 0 spiro atoms. The van der Waals surface area contributed by atoms with E-state index in [1.807, 2.05) is 40.0 Å². The first kappa shape index (κ1) is 27.0. The van der Waals surface area contributed by atoms with Crippen molar-refractivity contribution in [3.8, 4) is 0 Å². The molecule has 1 aromatic carbocycles. The van der Waals surface area contributed by atoms with Crippen molar-refractivity contribution < 1.29 is 27.9 Å². The third-order valence-electron chi connectivity index (χ3n) is 5.53. The van der Waals surface area contributed by atoms with Gasteiger partial charge in [0.1, 0.15) is 0 Å². The molecule has 9 heteroatoms. The summed E-state index contributed by atoms with van der Waals surface area (Å²) in [4.78, 5) is 25.6. The van der Waals surface area contributed by atoms with E-state index in [2.05, 4.69) is 0 Å². The highest BCUT2D eigenvalue weighted by molar-refractivity contribution is 7.89. The van der Waals surface area contributed by atoms with Gasteiger partial charge in [-0.15, -0.1) is 0 Å². The standard InChI is InChI=1S/C24H36N2O6S/c1-32-18-20-9-7-8-19(16-20)17-22(27)13-11-21-12-14-24(29)26(21)15-6-4-3-5-10-23(28)25-33(2,30)31/h7-9,11,13,16,21-22,27H,3-6,10,12,14-15,17-18H2,1-2H3,(H,25,28)/b13-11+/t21-,22+/m0/s1. The van der Waals surface area contributed by atoms with E-state index in [4.69, 9.17) is 4.74 Å². The Kier molecular flexibility index (Phi) is 11.0. The molecule has 2 rings (SSSR count). The molecule has 1 aliphatic rings. The lowest BCUT2D eigenvalue weighted by Gasteiger charge is -2.22. The van der Waals surface area contributed by atoms with Gasteiger partial charge < -0.3 is 14.7 Å². The average Bonchev–Trinajstić information content (AvgIpc) is 3.08. The van der Waals surface area contributed by atoms with Crippen LogP contribution in [0.5, 0.6) is 0 Å². The molecule has 0 unspecified atom stereocenters. The number of amides is 2. The molecule has 0 bridgehead atoms. The lowest BCUT2D eigenvalue weighted by molar-refractivity contribution is -0.128. The van der Waals surface area contributed by atoms with Crippen molar-refractivity contribution in [2.24, 2.45) is 0 Å². The molecule has 33 heavy (non-hydrogen) atoms. The van der Waals surface area contributed by atoms with Crippen molar-refractivity contribution in [2.45, 2.75) is 70.1 Å². The molecule has 1 heterocycles. The summed E-state index contributed by atoms with van der Waals surface area (Å²) in [5, 5.41) is 10.4. The van der Waals surface area contributed by atoms with Gasteiger partial charge >= 0.3 is 0 Å². The zero-order chi connectivity index (χ0) is 24.3. The Labute approximate surface area is 197 Å². The smallest absolute Gasteiger partial charge is 0.233 e. The summed E-state index contributed by atoms with van der Waals surface area (Å²) in [5.41, 5.74) is 2.10. The van der Waals surface area contributed by atoms with E-state index in [0.717, 1.165) is 43.1 Å². The van der Waals surface area contributed by atoms with Crippen LogP contribution < -0.4 is 4.72 Å². The Morgan fingerprint density at radius 3 is 2.73 bits per heavy atom. The number of sulfonamides is 1. The minimum Gasteiger partial charge on any atom is -0.389 e. The molecule has 184 valence electrons. The first-order chi connectivity index (χ1) is 15.7. The summed E-state index contributed by atoms with van der Waals surface area (Å²) in [6.07, 6.45) is 9.05. The third-order valence-corrected chi connectivity index (χ3v) is 6.13. The zero-order valence-electron chi connectivity index (χ0n) is 19.5. The second-order valence-electron chi connectivity index (χ2n) is 8.56. The van der Waals surface area contributed by atoms with Gasteiger partial charge in [-0.3, -0.25) is 14.3 Å². The van der Waals surface area contributed by atoms with Gasteiger partial charge in [-0.05, 0) is 30.4 Å². The molecule has 0 radical (unpaired) electrons. The number of nitrogens with zero attached hydrogens (tertiary/aromatic N) is 1. The topological polar surface area (TPSA) is 113 Å². The summed E-state index contributed by atoms with van der Waals surface area (Å²) in [5.74, 6) is -0.361. The molecule has 2 atom stereocenters. The number of nitrogens with one attached hydrogen (secondary N) is 1. The highest BCUT2D eigenvalue weighted by Crippen LogP contribution is 2.21. The fourth-order valence-electron chi connectivity index (χ4n) is 4.00. The summed E-state index contributed by atoms with van der Waals surface area (Å²) >= 11 is 0. The Hall–Kier alpha value is -2.23. The average molecular weight is 481 g/mol. The van der Waals surface area contributed by atoms with Crippen LogP contribution in [0.3, 0.4) is 0 Å². The van der Waals surface area contributed by atoms with Crippen LogP contribution in [0.15, 0.2) is 36.4 Å². The Bertz CT molecular complexity index is 915. The van der Waals surface area contributed by atoms with E-state index in [1.165, 1.54) is 0 Å². The quantitative estimate of drug-likeness (QED) is 0.312. The van der Waals surface area contributed by atoms with Crippen LogP contribution >= 0.6 is 0 Å². The number of ether oxygens (including phenoxy) is 1. The maximum absolute atomic E-state index is 12.3. The van der Waals surface area contributed by atoms with Crippen LogP contribution in [-0.2, 0) is 37.4 Å². The fraction of sp³-hybridized carbons (Fsp3) is 0.583. The van der Waals surface area contributed by atoms with Gasteiger partial charge in [0.05, 0.1) is 25.0 Å². The number of methoxy groups -OCH3 is 1. The minimum absolute atomic E-state index is 0.00693. The molecule has 8 nitrogen and oxygen atoms in total. The van der Waals surface area contributed by atoms with Crippen molar-refractivity contribution in [1.82, 2.24) is 9.62 Å². The summed E-state index contributed by atoms with van der Waals surface area (Å²) in [6.45, 7) is 1.17. The normalized spacial score (nSPS) is 17.6. The fourth-order valence-corrected chi connectivity index (χ4v) is 4.52. The predicted molar refractivity (Wildman–Crippen MR) is 127 cm³/mol. The molecule has 1 fully saturated rings. The van der Waals surface area contributed by atoms with Crippen molar-refractivity contribution in [2.75, 3.05) is 19.9 Å². The number of aliphatic hydroxyl groups excluding tert-OH is 1. The maximum Gasteiger partial charge on any atom is 0.233 e. The molecular weight excluding hydrogens is 444 g/mol. The SMILES string of the molecule is COCc1cccc(C[C@H](O)/C=C/[C@H]2CCC(=O)N2CCCCCCC(=O)NS(C)(=O)=O)c1. The molecule has 1 saturated heterocycles. The summed E-state index contributed by atoms with van der Waals surface area (Å²) in [6, 6.07) is 7.94. The van der Waals surface area contributed by atoms with E-state index in [0.29, 0.717) is 32.4 Å². The molecular formula is C24H36N2O6S. The van der Waals surface area contributed by atoms with Crippen LogP contribution in [-0.4, -0.2) is 62.3 Å². The highest BCUT2D eigenvalue weighted by Gasteiger charge is 2.28. The molecule has 0 aromatic heterocycles. The molecule has 0 aliphatic carbocycles. The van der Waals surface area contributed by atoms with Gasteiger partial charge in [0.15, 0.2) is 0 Å². The second-order valence-corrected chi connectivity index (χ2v) is 10.3. The Morgan fingerprint density at radius 2 is 2.00 bits per heavy atom. The Balaban J connectivity index is 1.73. The maximum atomic E-state index is 12.3. The largest absolute Gasteiger partial charge is 0.389 e. The van der Waals surface area contributed by atoms with Crippen LogP contribution in [0.1, 0.15) is 56.1 Å². The van der Waals surface area contributed by atoms with Gasteiger partial charge in [0.25, 0.3) is 0 Å². The lowest BCUT2D eigenvalue weighted by atomic mass is 10.0. The number of rotatable bonds is 14. The Morgan fingerprint density at radius 1 is 1.27 bits per heavy atom. The van der Waals surface area contributed by atoms with Gasteiger partial charge in [-0.1, -0.05) is 49.3 Å². The van der Waals surface area contributed by atoms with Crippen molar-refractivity contribution in [3.63, 3.8) is 0 Å². The van der Waals surface area contributed by atoms with E-state index in [1.54, 1.807) is 13.2 Å².